The van der Waals surface area contributed by atoms with E-state index >= 15 is 0 Å². The number of nitrogens with zero attached hydrogens (tertiary/aromatic N) is 1. The highest BCUT2D eigenvalue weighted by atomic mass is 16.5. The summed E-state index contributed by atoms with van der Waals surface area (Å²) in [6, 6.07) is -0.623. The number of carbonyl (C=O) groups excluding carboxylic acids is 2. The van der Waals surface area contributed by atoms with Gasteiger partial charge in [0, 0.05) is 19.3 Å². The summed E-state index contributed by atoms with van der Waals surface area (Å²) in [5.74, 6) is 0.0503. The van der Waals surface area contributed by atoms with Gasteiger partial charge in [-0.2, -0.15) is 0 Å². The van der Waals surface area contributed by atoms with Crippen LogP contribution in [0, 0.1) is 5.41 Å². The lowest BCUT2D eigenvalue weighted by molar-refractivity contribution is -0.157. The molecule has 2 rings (SSSR count). The lowest BCUT2D eigenvalue weighted by atomic mass is 9.83. The molecule has 0 aromatic carbocycles. The van der Waals surface area contributed by atoms with Gasteiger partial charge in [0.1, 0.15) is 12.1 Å². The molecular formula is C15H26N2O3. The average Bonchev–Trinajstić information content (AvgIpc) is 2.40. The molecular weight excluding hydrogens is 256 g/mol. The van der Waals surface area contributed by atoms with Crippen molar-refractivity contribution in [3.05, 3.63) is 0 Å². The Morgan fingerprint density at radius 3 is 2.35 bits per heavy atom. The normalized spacial score (nSPS) is 29.5. The zero-order valence-corrected chi connectivity index (χ0v) is 12.9. The van der Waals surface area contributed by atoms with Crippen LogP contribution in [0.5, 0.6) is 0 Å². The summed E-state index contributed by atoms with van der Waals surface area (Å²) < 4.78 is 5.38. The number of carbonyl (C=O) groups is 2. The quantitative estimate of drug-likeness (QED) is 0.831. The number of hydrogen-bond donors (Lipinski definition) is 1. The molecule has 0 aromatic rings. The zero-order valence-electron chi connectivity index (χ0n) is 12.9. The Hall–Kier alpha value is -1.10. The zero-order chi connectivity index (χ0) is 14.9. The minimum Gasteiger partial charge on any atom is -0.381 e. The van der Waals surface area contributed by atoms with Gasteiger partial charge in [0.25, 0.3) is 0 Å². The highest BCUT2D eigenvalue weighted by molar-refractivity contribution is 5.97. The Labute approximate surface area is 121 Å². The third-order valence-electron chi connectivity index (χ3n) is 4.26. The molecule has 2 atom stereocenters. The number of piperazine rings is 1. The topological polar surface area (TPSA) is 58.6 Å². The summed E-state index contributed by atoms with van der Waals surface area (Å²) in [5.41, 5.74) is -0.269. The second-order valence-corrected chi connectivity index (χ2v) is 6.82. The van der Waals surface area contributed by atoms with Crippen molar-refractivity contribution in [3.63, 3.8) is 0 Å². The number of nitrogens with one attached hydrogen (secondary N) is 1. The molecule has 0 radical (unpaired) electrons. The predicted octanol–water partition coefficient (Wildman–Crippen LogP) is 1.32. The first kappa shape index (κ1) is 15.3. The Morgan fingerprint density at radius 1 is 1.25 bits per heavy atom. The molecule has 0 aliphatic carbocycles. The molecule has 20 heavy (non-hydrogen) atoms. The third kappa shape index (κ3) is 2.82. The van der Waals surface area contributed by atoms with Gasteiger partial charge in [-0.05, 0) is 24.7 Å². The Morgan fingerprint density at radius 2 is 1.85 bits per heavy atom. The van der Waals surface area contributed by atoms with E-state index in [0.717, 1.165) is 12.8 Å². The molecule has 114 valence electrons. The Balaban J connectivity index is 2.27. The van der Waals surface area contributed by atoms with E-state index in [1.54, 1.807) is 0 Å². The van der Waals surface area contributed by atoms with E-state index in [4.69, 9.17) is 4.74 Å². The monoisotopic (exact) mass is 282 g/mol. The van der Waals surface area contributed by atoms with Crippen molar-refractivity contribution in [1.82, 2.24) is 10.2 Å². The molecule has 0 saturated carbocycles. The van der Waals surface area contributed by atoms with Crippen molar-refractivity contribution in [3.8, 4) is 0 Å². The summed E-state index contributed by atoms with van der Waals surface area (Å²) in [5, 5.41) is 2.91. The van der Waals surface area contributed by atoms with Crippen LogP contribution in [0.15, 0.2) is 0 Å². The van der Waals surface area contributed by atoms with Gasteiger partial charge < -0.3 is 15.0 Å². The van der Waals surface area contributed by atoms with Gasteiger partial charge in [-0.3, -0.25) is 9.59 Å². The van der Waals surface area contributed by atoms with E-state index in [1.807, 2.05) is 32.6 Å². The lowest BCUT2D eigenvalue weighted by Crippen LogP contribution is -2.68. The van der Waals surface area contributed by atoms with Gasteiger partial charge >= 0.3 is 0 Å². The second kappa shape index (κ2) is 5.72. The minimum absolute atomic E-state index is 0.0153. The van der Waals surface area contributed by atoms with E-state index in [1.165, 1.54) is 0 Å². The first-order valence-corrected chi connectivity index (χ1v) is 7.56. The van der Waals surface area contributed by atoms with Gasteiger partial charge in [0.2, 0.25) is 11.8 Å². The summed E-state index contributed by atoms with van der Waals surface area (Å²) in [4.78, 5) is 27.0. The van der Waals surface area contributed by atoms with Gasteiger partial charge in [-0.1, -0.05) is 27.7 Å². The van der Waals surface area contributed by atoms with Gasteiger partial charge in [0.15, 0.2) is 0 Å². The van der Waals surface area contributed by atoms with E-state index in [9.17, 15) is 9.59 Å². The molecule has 2 unspecified atom stereocenters. The first-order valence-electron chi connectivity index (χ1n) is 7.56. The van der Waals surface area contributed by atoms with Crippen LogP contribution < -0.4 is 5.32 Å². The highest BCUT2D eigenvalue weighted by Gasteiger charge is 2.46. The number of hydrogen-bond acceptors (Lipinski definition) is 3. The fourth-order valence-corrected chi connectivity index (χ4v) is 3.10. The maximum Gasteiger partial charge on any atom is 0.246 e. The molecule has 5 nitrogen and oxygen atoms in total. The van der Waals surface area contributed by atoms with Crippen LogP contribution >= 0.6 is 0 Å². The number of ether oxygens (including phenoxy) is 1. The van der Waals surface area contributed by atoms with Crippen molar-refractivity contribution in [2.24, 2.45) is 5.41 Å². The van der Waals surface area contributed by atoms with Gasteiger partial charge in [-0.25, -0.2) is 0 Å². The minimum atomic E-state index is -0.430. The van der Waals surface area contributed by atoms with Crippen LogP contribution in [-0.2, 0) is 14.3 Å². The molecule has 2 fully saturated rings. The van der Waals surface area contributed by atoms with Crippen LogP contribution in [0.3, 0.4) is 0 Å². The number of amides is 2. The predicted molar refractivity (Wildman–Crippen MR) is 76.2 cm³/mol. The van der Waals surface area contributed by atoms with Crippen molar-refractivity contribution in [2.75, 3.05) is 13.2 Å². The molecule has 2 saturated heterocycles. The summed E-state index contributed by atoms with van der Waals surface area (Å²) in [6.45, 7) is 9.28. The molecule has 2 aliphatic rings. The maximum atomic E-state index is 12.9. The fraction of sp³-hybridized carbons (Fsp3) is 0.867. The van der Waals surface area contributed by atoms with Crippen LogP contribution in [0.4, 0.5) is 0 Å². The van der Waals surface area contributed by atoms with E-state index in [-0.39, 0.29) is 29.3 Å². The average molecular weight is 282 g/mol. The second-order valence-electron chi connectivity index (χ2n) is 6.82. The van der Waals surface area contributed by atoms with Crippen molar-refractivity contribution in [1.29, 1.82) is 0 Å². The molecule has 2 amide bonds. The van der Waals surface area contributed by atoms with Crippen LogP contribution in [0.25, 0.3) is 0 Å². The molecule has 0 spiro atoms. The van der Waals surface area contributed by atoms with Crippen molar-refractivity contribution >= 4 is 11.8 Å². The van der Waals surface area contributed by atoms with Crippen LogP contribution in [0.1, 0.15) is 47.0 Å². The van der Waals surface area contributed by atoms with Crippen molar-refractivity contribution in [2.45, 2.75) is 65.1 Å². The van der Waals surface area contributed by atoms with Crippen LogP contribution in [0.2, 0.25) is 0 Å². The Kier molecular flexibility index (Phi) is 4.37. The fourth-order valence-electron chi connectivity index (χ4n) is 3.10. The van der Waals surface area contributed by atoms with Crippen molar-refractivity contribution < 1.29 is 14.3 Å². The SMILES string of the molecule is CCC1C(=O)NC(C(C)(C)C)C(=O)N1C1CCOCC1. The van der Waals surface area contributed by atoms with Crippen LogP contribution in [-0.4, -0.2) is 48.1 Å². The standard InChI is InChI=1S/C15H26N2O3/c1-5-11-13(18)16-12(15(2,3)4)14(19)17(11)10-6-8-20-9-7-10/h10-12H,5-9H2,1-4H3,(H,16,18). The molecule has 2 aliphatic heterocycles. The smallest absolute Gasteiger partial charge is 0.246 e. The molecule has 0 aromatic heterocycles. The molecule has 5 heteroatoms. The molecule has 2 heterocycles. The summed E-state index contributed by atoms with van der Waals surface area (Å²) in [6.07, 6.45) is 2.31. The van der Waals surface area contributed by atoms with Gasteiger partial charge in [-0.15, -0.1) is 0 Å². The lowest BCUT2D eigenvalue weighted by Gasteiger charge is -2.47. The Bertz CT molecular complexity index is 383. The summed E-state index contributed by atoms with van der Waals surface area (Å²) >= 11 is 0. The van der Waals surface area contributed by atoms with E-state index in [2.05, 4.69) is 5.32 Å². The van der Waals surface area contributed by atoms with E-state index in [0.29, 0.717) is 19.6 Å². The molecule has 1 N–H and O–H groups in total. The van der Waals surface area contributed by atoms with Gasteiger partial charge in [0.05, 0.1) is 0 Å². The summed E-state index contributed by atoms with van der Waals surface area (Å²) in [7, 11) is 0. The van der Waals surface area contributed by atoms with E-state index < -0.39 is 6.04 Å². The molecule has 0 bridgehead atoms. The third-order valence-corrected chi connectivity index (χ3v) is 4.26. The maximum absolute atomic E-state index is 12.9. The highest BCUT2D eigenvalue weighted by Crippen LogP contribution is 2.29. The number of rotatable bonds is 2. The first-order chi connectivity index (χ1) is 9.36. The largest absolute Gasteiger partial charge is 0.381 e.